The molecule has 0 amide bonds. The molecule has 0 fully saturated rings. The number of nitrogens with zero attached hydrogens (tertiary/aromatic N) is 2. The van der Waals surface area contributed by atoms with Crippen molar-refractivity contribution in [1.29, 1.82) is 0 Å². The summed E-state index contributed by atoms with van der Waals surface area (Å²) in [6, 6.07) is 18.3. The van der Waals surface area contributed by atoms with Crippen LogP contribution in [0, 0.1) is 0 Å². The first-order valence-corrected chi connectivity index (χ1v) is 7.47. The molecule has 1 N–H and O–H groups in total. The number of alkyl halides is 1. The highest BCUT2D eigenvalue weighted by Gasteiger charge is 2.09. The van der Waals surface area contributed by atoms with Crippen LogP contribution >= 0.6 is 11.6 Å². The minimum Gasteiger partial charge on any atom is -0.365 e. The molecular weight excluding hydrogens is 282 g/mol. The molecule has 0 spiro atoms. The maximum absolute atomic E-state index is 6.07. The summed E-state index contributed by atoms with van der Waals surface area (Å²) in [5, 5.41) is 3.36. The van der Waals surface area contributed by atoms with Gasteiger partial charge in [-0.3, -0.25) is 4.98 Å². The average molecular weight is 298 g/mol. The number of aromatic nitrogens is 2. The molecule has 0 saturated heterocycles. The molecule has 3 aromatic rings. The van der Waals surface area contributed by atoms with Crippen molar-refractivity contribution in [3.63, 3.8) is 0 Å². The molecule has 3 rings (SSSR count). The normalized spacial score (nSPS) is 12.2. The number of nitrogens with one attached hydrogen (secondary N) is 1. The summed E-state index contributed by atoms with van der Waals surface area (Å²) in [5.74, 6) is 1.28. The molecule has 3 nitrogen and oxygen atoms in total. The van der Waals surface area contributed by atoms with E-state index in [2.05, 4.69) is 27.4 Å². The Hall–Kier alpha value is -2.13. The molecule has 4 heteroatoms. The standard InChI is InChI=1S/C17H16ClN3/c18-11-14(10-13-6-2-1-3-7-13)20-17-12-19-15-8-4-5-9-16(15)21-17/h1-9,12,14H,10-11H2,(H,20,21). The Balaban J connectivity index is 1.76. The first kappa shape index (κ1) is 13.8. The van der Waals surface area contributed by atoms with E-state index in [1.807, 2.05) is 42.5 Å². The lowest BCUT2D eigenvalue weighted by Gasteiger charge is -2.16. The predicted octanol–water partition coefficient (Wildman–Crippen LogP) is 3.89. The molecule has 0 aliphatic carbocycles. The predicted molar refractivity (Wildman–Crippen MR) is 87.8 cm³/mol. The lowest BCUT2D eigenvalue weighted by atomic mass is 10.1. The third-order valence-electron chi connectivity index (χ3n) is 3.31. The summed E-state index contributed by atoms with van der Waals surface area (Å²) in [6.07, 6.45) is 2.62. The fraction of sp³-hybridized carbons (Fsp3) is 0.176. The van der Waals surface area contributed by atoms with E-state index < -0.39 is 0 Å². The van der Waals surface area contributed by atoms with Crippen LogP contribution in [-0.2, 0) is 6.42 Å². The van der Waals surface area contributed by atoms with Crippen molar-refractivity contribution in [2.24, 2.45) is 0 Å². The monoisotopic (exact) mass is 297 g/mol. The molecule has 0 bridgehead atoms. The van der Waals surface area contributed by atoms with Crippen LogP contribution in [0.2, 0.25) is 0 Å². The van der Waals surface area contributed by atoms with E-state index in [4.69, 9.17) is 11.6 Å². The van der Waals surface area contributed by atoms with E-state index in [1.54, 1.807) is 6.20 Å². The number of anilines is 1. The molecule has 0 radical (unpaired) electrons. The highest BCUT2D eigenvalue weighted by Crippen LogP contribution is 2.14. The Morgan fingerprint density at radius 2 is 1.67 bits per heavy atom. The second kappa shape index (κ2) is 6.55. The molecule has 1 atom stereocenters. The highest BCUT2D eigenvalue weighted by atomic mass is 35.5. The lowest BCUT2D eigenvalue weighted by molar-refractivity contribution is 0.791. The quantitative estimate of drug-likeness (QED) is 0.726. The Morgan fingerprint density at radius 1 is 0.952 bits per heavy atom. The SMILES string of the molecule is ClCC(Cc1ccccc1)Nc1cnc2ccccc2n1. The lowest BCUT2D eigenvalue weighted by Crippen LogP contribution is -2.24. The van der Waals surface area contributed by atoms with E-state index in [0.717, 1.165) is 23.3 Å². The summed E-state index contributed by atoms with van der Waals surface area (Å²) in [7, 11) is 0. The van der Waals surface area contributed by atoms with Gasteiger partial charge in [-0.15, -0.1) is 11.6 Å². The maximum atomic E-state index is 6.07. The smallest absolute Gasteiger partial charge is 0.145 e. The van der Waals surface area contributed by atoms with E-state index >= 15 is 0 Å². The zero-order chi connectivity index (χ0) is 14.5. The van der Waals surface area contributed by atoms with Crippen molar-refractivity contribution in [1.82, 2.24) is 9.97 Å². The van der Waals surface area contributed by atoms with Crippen LogP contribution in [0.1, 0.15) is 5.56 Å². The van der Waals surface area contributed by atoms with E-state index in [1.165, 1.54) is 5.56 Å². The molecule has 106 valence electrons. The fourth-order valence-corrected chi connectivity index (χ4v) is 2.46. The van der Waals surface area contributed by atoms with Gasteiger partial charge in [-0.1, -0.05) is 42.5 Å². The minimum absolute atomic E-state index is 0.129. The first-order chi connectivity index (χ1) is 10.3. The fourth-order valence-electron chi connectivity index (χ4n) is 2.28. The number of hydrogen-bond acceptors (Lipinski definition) is 3. The Bertz CT molecular complexity index is 715. The van der Waals surface area contributed by atoms with Crippen molar-refractivity contribution in [3.05, 3.63) is 66.4 Å². The van der Waals surface area contributed by atoms with Gasteiger partial charge in [0.05, 0.1) is 17.2 Å². The molecule has 1 heterocycles. The number of halogens is 1. The number of benzene rings is 2. The van der Waals surface area contributed by atoms with Gasteiger partial charge >= 0.3 is 0 Å². The van der Waals surface area contributed by atoms with Crippen LogP contribution in [0.4, 0.5) is 5.82 Å². The molecule has 2 aromatic carbocycles. The summed E-state index contributed by atoms with van der Waals surface area (Å²) < 4.78 is 0. The van der Waals surface area contributed by atoms with Gasteiger partial charge in [-0.05, 0) is 24.1 Å². The van der Waals surface area contributed by atoms with Crippen LogP contribution < -0.4 is 5.32 Å². The molecule has 0 aliphatic rings. The summed E-state index contributed by atoms with van der Waals surface area (Å²) >= 11 is 6.07. The average Bonchev–Trinajstić information content (AvgIpc) is 2.55. The van der Waals surface area contributed by atoms with E-state index in [-0.39, 0.29) is 6.04 Å². The number of fused-ring (bicyclic) bond motifs is 1. The van der Waals surface area contributed by atoms with Crippen molar-refractivity contribution < 1.29 is 0 Å². The van der Waals surface area contributed by atoms with Gasteiger partial charge in [0, 0.05) is 11.9 Å². The molecule has 1 unspecified atom stereocenters. The summed E-state index contributed by atoms with van der Waals surface area (Å²) in [4.78, 5) is 8.98. The van der Waals surface area contributed by atoms with Crippen molar-refractivity contribution in [2.45, 2.75) is 12.5 Å². The van der Waals surface area contributed by atoms with Crippen molar-refractivity contribution in [2.75, 3.05) is 11.2 Å². The molecular formula is C17H16ClN3. The van der Waals surface area contributed by atoms with Crippen LogP contribution in [0.15, 0.2) is 60.8 Å². The zero-order valence-corrected chi connectivity index (χ0v) is 12.3. The van der Waals surface area contributed by atoms with Gasteiger partial charge < -0.3 is 5.32 Å². The van der Waals surface area contributed by atoms with Crippen LogP contribution in [-0.4, -0.2) is 21.9 Å². The summed E-state index contributed by atoms with van der Waals surface area (Å²) in [6.45, 7) is 0. The second-order valence-electron chi connectivity index (χ2n) is 4.93. The van der Waals surface area contributed by atoms with E-state index in [0.29, 0.717) is 5.88 Å². The topological polar surface area (TPSA) is 37.8 Å². The van der Waals surface area contributed by atoms with Gasteiger partial charge in [0.15, 0.2) is 0 Å². The van der Waals surface area contributed by atoms with Gasteiger partial charge in [0.1, 0.15) is 5.82 Å². The largest absolute Gasteiger partial charge is 0.365 e. The molecule has 21 heavy (non-hydrogen) atoms. The Kier molecular flexibility index (Phi) is 4.31. The summed E-state index contributed by atoms with van der Waals surface area (Å²) in [5.41, 5.74) is 3.04. The first-order valence-electron chi connectivity index (χ1n) is 6.93. The van der Waals surface area contributed by atoms with Gasteiger partial charge in [-0.25, -0.2) is 4.98 Å². The van der Waals surface area contributed by atoms with Crippen LogP contribution in [0.5, 0.6) is 0 Å². The molecule has 0 aliphatic heterocycles. The van der Waals surface area contributed by atoms with Crippen LogP contribution in [0.25, 0.3) is 11.0 Å². The third-order valence-corrected chi connectivity index (χ3v) is 3.68. The third kappa shape index (κ3) is 3.50. The van der Waals surface area contributed by atoms with E-state index in [9.17, 15) is 0 Å². The van der Waals surface area contributed by atoms with Crippen molar-refractivity contribution >= 4 is 28.5 Å². The molecule has 1 aromatic heterocycles. The van der Waals surface area contributed by atoms with Gasteiger partial charge in [-0.2, -0.15) is 0 Å². The highest BCUT2D eigenvalue weighted by molar-refractivity contribution is 6.18. The Labute approximate surface area is 129 Å². The van der Waals surface area contributed by atoms with Crippen molar-refractivity contribution in [3.8, 4) is 0 Å². The zero-order valence-electron chi connectivity index (χ0n) is 11.5. The number of hydrogen-bond donors (Lipinski definition) is 1. The van der Waals surface area contributed by atoms with Crippen LogP contribution in [0.3, 0.4) is 0 Å². The minimum atomic E-state index is 0.129. The maximum Gasteiger partial charge on any atom is 0.145 e. The Morgan fingerprint density at radius 3 is 2.43 bits per heavy atom. The molecule has 0 saturated carbocycles. The second-order valence-corrected chi connectivity index (χ2v) is 5.24. The number of para-hydroxylation sites is 2. The van der Waals surface area contributed by atoms with Gasteiger partial charge in [0.25, 0.3) is 0 Å². The number of rotatable bonds is 5. The van der Waals surface area contributed by atoms with Gasteiger partial charge in [0.2, 0.25) is 0 Å².